The van der Waals surface area contributed by atoms with Gasteiger partial charge in [0.1, 0.15) is 0 Å². The zero-order valence-corrected chi connectivity index (χ0v) is 10.0. The lowest BCUT2D eigenvalue weighted by molar-refractivity contribution is 0.0838. The normalized spacial score (nSPS) is 25.4. The molecule has 1 unspecified atom stereocenters. The highest BCUT2D eigenvalue weighted by Gasteiger charge is 2.27. The number of aliphatic hydroxyl groups is 1. The molecule has 0 fully saturated rings. The number of guanidine groups is 1. The van der Waals surface area contributed by atoms with Gasteiger partial charge in [-0.05, 0) is 19.4 Å². The quantitative estimate of drug-likeness (QED) is 0.739. The van der Waals surface area contributed by atoms with E-state index in [0.29, 0.717) is 12.4 Å². The Kier molecular flexibility index (Phi) is 3.74. The first-order valence-electron chi connectivity index (χ1n) is 5.43. The molecule has 0 saturated heterocycles. The van der Waals surface area contributed by atoms with Gasteiger partial charge in [-0.1, -0.05) is 13.3 Å². The van der Waals surface area contributed by atoms with Gasteiger partial charge in [0, 0.05) is 26.2 Å². The highest BCUT2D eigenvalue weighted by atomic mass is 16.3. The van der Waals surface area contributed by atoms with E-state index >= 15 is 0 Å². The lowest BCUT2D eigenvalue weighted by Crippen LogP contribution is -2.43. The van der Waals surface area contributed by atoms with Crippen molar-refractivity contribution in [3.8, 4) is 0 Å². The second kappa shape index (κ2) is 4.66. The Morgan fingerprint density at radius 1 is 1.53 bits per heavy atom. The second-order valence-electron chi connectivity index (χ2n) is 4.26. The van der Waals surface area contributed by atoms with Crippen LogP contribution in [0.15, 0.2) is 16.8 Å². The Hall–Kier alpha value is -1.03. The first-order chi connectivity index (χ1) is 6.97. The van der Waals surface area contributed by atoms with Crippen molar-refractivity contribution in [1.29, 1.82) is 0 Å². The number of unbranched alkanes of at least 4 members (excludes halogenated alkanes) is 1. The molecule has 0 aliphatic carbocycles. The van der Waals surface area contributed by atoms with Gasteiger partial charge in [-0.25, -0.2) is 4.99 Å². The van der Waals surface area contributed by atoms with Gasteiger partial charge in [0.05, 0.1) is 0 Å². The summed E-state index contributed by atoms with van der Waals surface area (Å²) in [5.41, 5.74) is -0.0717. The number of hydrogen-bond acceptors (Lipinski definition) is 4. The van der Waals surface area contributed by atoms with Crippen LogP contribution < -0.4 is 5.32 Å². The number of rotatable bonds is 3. The second-order valence-corrected chi connectivity index (χ2v) is 4.26. The summed E-state index contributed by atoms with van der Waals surface area (Å²) in [4.78, 5) is 6.18. The van der Waals surface area contributed by atoms with Crippen molar-refractivity contribution in [1.82, 2.24) is 10.2 Å². The third-order valence-electron chi connectivity index (χ3n) is 2.38. The Labute approximate surface area is 91.7 Å². The third-order valence-corrected chi connectivity index (χ3v) is 2.38. The molecule has 0 spiro atoms. The fourth-order valence-electron chi connectivity index (χ4n) is 1.58. The van der Waals surface area contributed by atoms with E-state index in [-0.39, 0.29) is 0 Å². The molecule has 86 valence electrons. The van der Waals surface area contributed by atoms with E-state index in [9.17, 15) is 5.11 Å². The number of hydrogen-bond donors (Lipinski definition) is 2. The molecule has 0 aromatic carbocycles. The van der Waals surface area contributed by atoms with Crippen LogP contribution in [0.3, 0.4) is 0 Å². The van der Waals surface area contributed by atoms with E-state index < -0.39 is 5.72 Å². The van der Waals surface area contributed by atoms with Crippen molar-refractivity contribution in [2.45, 2.75) is 38.8 Å². The number of nitrogens with one attached hydrogen (secondary N) is 1. The summed E-state index contributed by atoms with van der Waals surface area (Å²) in [6.07, 6.45) is 4.51. The average molecular weight is 211 g/mol. The molecule has 0 radical (unpaired) electrons. The molecule has 4 nitrogen and oxygen atoms in total. The van der Waals surface area contributed by atoms with Crippen LogP contribution in [0.1, 0.15) is 33.1 Å². The van der Waals surface area contributed by atoms with Crippen LogP contribution in [0, 0.1) is 0 Å². The predicted molar refractivity (Wildman–Crippen MR) is 62.5 cm³/mol. The summed E-state index contributed by atoms with van der Waals surface area (Å²) in [6, 6.07) is 0. The van der Waals surface area contributed by atoms with Crippen LogP contribution in [0.4, 0.5) is 0 Å². The topological polar surface area (TPSA) is 47.9 Å². The molecule has 2 N–H and O–H groups in total. The smallest absolute Gasteiger partial charge is 0.200 e. The Balaban J connectivity index is 2.81. The zero-order chi connectivity index (χ0) is 11.5. The van der Waals surface area contributed by atoms with Crippen molar-refractivity contribution >= 4 is 5.96 Å². The van der Waals surface area contributed by atoms with Gasteiger partial charge in [-0.15, -0.1) is 0 Å². The Morgan fingerprint density at radius 2 is 2.20 bits per heavy atom. The van der Waals surface area contributed by atoms with Crippen LogP contribution in [-0.2, 0) is 0 Å². The molecule has 1 aliphatic heterocycles. The monoisotopic (exact) mass is 211 g/mol. The molecule has 15 heavy (non-hydrogen) atoms. The van der Waals surface area contributed by atoms with E-state index in [4.69, 9.17) is 0 Å². The molecule has 4 heteroatoms. The number of allylic oxidation sites excluding steroid dienone is 1. The van der Waals surface area contributed by atoms with Gasteiger partial charge in [0.2, 0.25) is 5.96 Å². The lowest BCUT2D eigenvalue weighted by atomic mass is 10.0. The molecular weight excluding hydrogens is 190 g/mol. The van der Waals surface area contributed by atoms with E-state index in [2.05, 4.69) is 17.2 Å². The fourth-order valence-corrected chi connectivity index (χ4v) is 1.58. The molecule has 0 saturated carbocycles. The maximum absolute atomic E-state index is 10.3. The van der Waals surface area contributed by atoms with Crippen molar-refractivity contribution in [2.24, 2.45) is 4.99 Å². The largest absolute Gasteiger partial charge is 0.366 e. The van der Waals surface area contributed by atoms with Crippen molar-refractivity contribution in [3.05, 3.63) is 11.8 Å². The Bertz CT molecular complexity index is 284. The first-order valence-corrected chi connectivity index (χ1v) is 5.43. The summed E-state index contributed by atoms with van der Waals surface area (Å²) in [7, 11) is 3.81. The van der Waals surface area contributed by atoms with Gasteiger partial charge >= 0.3 is 0 Å². The first kappa shape index (κ1) is 12.0. The van der Waals surface area contributed by atoms with Crippen molar-refractivity contribution < 1.29 is 5.11 Å². The summed E-state index contributed by atoms with van der Waals surface area (Å²) in [6.45, 7) is 4.05. The summed E-state index contributed by atoms with van der Waals surface area (Å²) < 4.78 is 0. The van der Waals surface area contributed by atoms with Gasteiger partial charge in [0.15, 0.2) is 5.72 Å². The maximum atomic E-state index is 10.3. The zero-order valence-electron chi connectivity index (χ0n) is 10.0. The molecule has 0 bridgehead atoms. The highest BCUT2D eigenvalue weighted by molar-refractivity contribution is 5.82. The predicted octanol–water partition coefficient (Wildman–Crippen LogP) is 1.29. The minimum Gasteiger partial charge on any atom is -0.366 e. The van der Waals surface area contributed by atoms with Crippen LogP contribution >= 0.6 is 0 Å². The standard InChI is InChI=1S/C11H21N3O/c1-5-6-7-11(15)8-9(2)12-10(13-11)14(3)4/h8,15H,5-7H2,1-4H3,(H,12,13). The summed E-state index contributed by atoms with van der Waals surface area (Å²) in [5.74, 6) is 0.716. The molecular formula is C11H21N3O. The van der Waals surface area contributed by atoms with Gasteiger partial charge in [-0.2, -0.15) is 0 Å². The van der Waals surface area contributed by atoms with E-state index in [1.54, 1.807) is 6.08 Å². The van der Waals surface area contributed by atoms with Crippen LogP contribution in [-0.4, -0.2) is 35.8 Å². The summed E-state index contributed by atoms with van der Waals surface area (Å²) in [5, 5.41) is 13.4. The van der Waals surface area contributed by atoms with E-state index in [1.807, 2.05) is 25.9 Å². The van der Waals surface area contributed by atoms with Gasteiger partial charge in [-0.3, -0.25) is 0 Å². The molecule has 1 heterocycles. The van der Waals surface area contributed by atoms with E-state index in [0.717, 1.165) is 18.5 Å². The molecule has 1 atom stereocenters. The minimum absolute atomic E-state index is 0.680. The van der Waals surface area contributed by atoms with Crippen molar-refractivity contribution in [2.75, 3.05) is 14.1 Å². The molecule has 1 aliphatic rings. The molecule has 1 rings (SSSR count). The van der Waals surface area contributed by atoms with Crippen LogP contribution in [0.25, 0.3) is 0 Å². The molecule has 0 amide bonds. The fraction of sp³-hybridized carbons (Fsp3) is 0.727. The number of nitrogens with zero attached hydrogens (tertiary/aromatic N) is 2. The van der Waals surface area contributed by atoms with Gasteiger partial charge in [0.25, 0.3) is 0 Å². The highest BCUT2D eigenvalue weighted by Crippen LogP contribution is 2.22. The lowest BCUT2D eigenvalue weighted by Gasteiger charge is -2.30. The molecule has 0 aromatic rings. The third kappa shape index (κ3) is 3.23. The number of aliphatic imine (C=N–C) groups is 1. The van der Waals surface area contributed by atoms with Gasteiger partial charge < -0.3 is 15.3 Å². The molecule has 0 aromatic heterocycles. The minimum atomic E-state index is -1.02. The van der Waals surface area contributed by atoms with Crippen LogP contribution in [0.5, 0.6) is 0 Å². The SMILES string of the molecule is CCCCC1(O)C=C(C)NC(N(C)C)=N1. The maximum Gasteiger partial charge on any atom is 0.200 e. The van der Waals surface area contributed by atoms with E-state index in [1.165, 1.54) is 0 Å². The summed E-state index contributed by atoms with van der Waals surface area (Å²) >= 11 is 0. The van der Waals surface area contributed by atoms with Crippen molar-refractivity contribution in [3.63, 3.8) is 0 Å². The average Bonchev–Trinajstić information content (AvgIpc) is 2.13. The van der Waals surface area contributed by atoms with Crippen LogP contribution in [0.2, 0.25) is 0 Å². The Morgan fingerprint density at radius 3 is 2.73 bits per heavy atom.